The SMILES string of the molecule is COc1ccc(NS(=O)(=O)c2cc(F)c(F)c(F)c2F)cc1. The molecule has 0 aromatic heterocycles. The van der Waals surface area contributed by atoms with E-state index in [1.165, 1.54) is 31.4 Å². The van der Waals surface area contributed by atoms with Crippen molar-refractivity contribution in [2.45, 2.75) is 4.90 Å². The maximum Gasteiger partial charge on any atom is 0.265 e. The van der Waals surface area contributed by atoms with Crippen molar-refractivity contribution in [1.29, 1.82) is 0 Å². The van der Waals surface area contributed by atoms with Gasteiger partial charge in [0.25, 0.3) is 10.0 Å². The van der Waals surface area contributed by atoms with Crippen molar-refractivity contribution in [3.05, 3.63) is 53.6 Å². The van der Waals surface area contributed by atoms with Crippen molar-refractivity contribution < 1.29 is 30.7 Å². The zero-order chi connectivity index (χ0) is 16.5. The molecule has 0 saturated heterocycles. The molecule has 0 aliphatic rings. The number of benzene rings is 2. The van der Waals surface area contributed by atoms with E-state index in [0.717, 1.165) is 0 Å². The van der Waals surface area contributed by atoms with Gasteiger partial charge in [-0.1, -0.05) is 0 Å². The van der Waals surface area contributed by atoms with Gasteiger partial charge in [0.15, 0.2) is 23.3 Å². The Morgan fingerprint density at radius 2 is 1.55 bits per heavy atom. The second-order valence-corrected chi connectivity index (χ2v) is 5.78. The highest BCUT2D eigenvalue weighted by molar-refractivity contribution is 7.92. The van der Waals surface area contributed by atoms with Crippen LogP contribution in [0.2, 0.25) is 0 Å². The summed E-state index contributed by atoms with van der Waals surface area (Å²) < 4.78 is 83.3. The second kappa shape index (κ2) is 5.84. The highest BCUT2D eigenvalue weighted by Crippen LogP contribution is 2.25. The molecule has 0 bridgehead atoms. The van der Waals surface area contributed by atoms with Crippen molar-refractivity contribution in [1.82, 2.24) is 0 Å². The molecule has 0 radical (unpaired) electrons. The van der Waals surface area contributed by atoms with Gasteiger partial charge in [0.2, 0.25) is 0 Å². The summed E-state index contributed by atoms with van der Waals surface area (Å²) in [5, 5.41) is 0. The number of anilines is 1. The Balaban J connectivity index is 2.42. The summed E-state index contributed by atoms with van der Waals surface area (Å²) in [5.74, 6) is -7.65. The number of methoxy groups -OCH3 is 1. The van der Waals surface area contributed by atoms with Gasteiger partial charge in [0.1, 0.15) is 10.6 Å². The van der Waals surface area contributed by atoms with Crippen LogP contribution in [0, 0.1) is 23.3 Å². The number of hydrogen-bond donors (Lipinski definition) is 1. The molecule has 0 amide bonds. The third-order valence-corrected chi connectivity index (χ3v) is 4.08. The minimum Gasteiger partial charge on any atom is -0.497 e. The van der Waals surface area contributed by atoms with Crippen LogP contribution in [-0.4, -0.2) is 15.5 Å². The highest BCUT2D eigenvalue weighted by atomic mass is 32.2. The zero-order valence-electron chi connectivity index (χ0n) is 11.0. The van der Waals surface area contributed by atoms with E-state index in [9.17, 15) is 26.0 Å². The topological polar surface area (TPSA) is 55.4 Å². The lowest BCUT2D eigenvalue weighted by Crippen LogP contribution is -2.16. The molecule has 0 saturated carbocycles. The highest BCUT2D eigenvalue weighted by Gasteiger charge is 2.27. The lowest BCUT2D eigenvalue weighted by molar-refractivity contribution is 0.396. The molecule has 0 atom stereocenters. The van der Waals surface area contributed by atoms with E-state index < -0.39 is 38.2 Å². The van der Waals surface area contributed by atoms with Crippen molar-refractivity contribution in [2.24, 2.45) is 0 Å². The van der Waals surface area contributed by atoms with Crippen LogP contribution >= 0.6 is 0 Å². The molecule has 0 aliphatic heterocycles. The third kappa shape index (κ3) is 2.98. The molecule has 9 heteroatoms. The van der Waals surface area contributed by atoms with Crippen LogP contribution in [0.1, 0.15) is 0 Å². The van der Waals surface area contributed by atoms with E-state index in [1.54, 1.807) is 0 Å². The van der Waals surface area contributed by atoms with E-state index in [-0.39, 0.29) is 11.8 Å². The van der Waals surface area contributed by atoms with Crippen molar-refractivity contribution >= 4 is 15.7 Å². The van der Waals surface area contributed by atoms with Crippen molar-refractivity contribution in [2.75, 3.05) is 11.8 Å². The normalized spacial score (nSPS) is 11.3. The van der Waals surface area contributed by atoms with Crippen LogP contribution in [0.5, 0.6) is 5.75 Å². The smallest absolute Gasteiger partial charge is 0.265 e. The standard InChI is InChI=1S/C13H9F4NO3S/c1-21-8-4-2-7(3-5-8)18-22(19,20)10-6-9(14)11(15)13(17)12(10)16/h2-6,18H,1H3. The summed E-state index contributed by atoms with van der Waals surface area (Å²) in [6, 6.07) is 5.49. The van der Waals surface area contributed by atoms with Gasteiger partial charge in [-0.25, -0.2) is 26.0 Å². The van der Waals surface area contributed by atoms with Crippen LogP contribution in [0.25, 0.3) is 0 Å². The molecule has 0 aliphatic carbocycles. The molecule has 1 N–H and O–H groups in total. The van der Waals surface area contributed by atoms with E-state index in [0.29, 0.717) is 5.75 Å². The largest absolute Gasteiger partial charge is 0.497 e. The van der Waals surface area contributed by atoms with Crippen LogP contribution in [0.15, 0.2) is 35.2 Å². The average Bonchev–Trinajstić information content (AvgIpc) is 2.49. The predicted molar refractivity (Wildman–Crippen MR) is 70.1 cm³/mol. The first-order chi connectivity index (χ1) is 10.3. The predicted octanol–water partition coefficient (Wildman–Crippen LogP) is 3.05. The van der Waals surface area contributed by atoms with E-state index in [1.807, 2.05) is 4.72 Å². The number of halogens is 4. The first kappa shape index (κ1) is 16.1. The van der Waals surface area contributed by atoms with Gasteiger partial charge in [-0.2, -0.15) is 0 Å². The van der Waals surface area contributed by atoms with Gasteiger partial charge in [0.05, 0.1) is 7.11 Å². The molecular weight excluding hydrogens is 326 g/mol. The maximum atomic E-state index is 13.5. The van der Waals surface area contributed by atoms with Crippen molar-refractivity contribution in [3.63, 3.8) is 0 Å². The van der Waals surface area contributed by atoms with Gasteiger partial charge in [-0.15, -0.1) is 0 Å². The second-order valence-electron chi connectivity index (χ2n) is 4.13. The molecule has 2 rings (SSSR count). The Labute approximate surface area is 123 Å². The van der Waals surface area contributed by atoms with Gasteiger partial charge in [0, 0.05) is 11.8 Å². The summed E-state index contributed by atoms with van der Waals surface area (Å²) in [6.45, 7) is 0. The molecular formula is C13H9F4NO3S. The summed E-state index contributed by atoms with van der Waals surface area (Å²) in [6.07, 6.45) is 0. The Bertz CT molecular complexity index is 807. The number of rotatable bonds is 4. The monoisotopic (exact) mass is 335 g/mol. The van der Waals surface area contributed by atoms with Crippen LogP contribution in [0.4, 0.5) is 23.2 Å². The van der Waals surface area contributed by atoms with E-state index in [4.69, 9.17) is 4.74 Å². The lowest BCUT2D eigenvalue weighted by Gasteiger charge is -2.10. The van der Waals surface area contributed by atoms with Gasteiger partial charge in [-0.3, -0.25) is 4.72 Å². The quantitative estimate of drug-likeness (QED) is 0.531. The molecule has 22 heavy (non-hydrogen) atoms. The summed E-state index contributed by atoms with van der Waals surface area (Å²) in [4.78, 5) is -1.33. The fraction of sp³-hybridized carbons (Fsp3) is 0.0769. The average molecular weight is 335 g/mol. The summed E-state index contributed by atoms with van der Waals surface area (Å²) in [7, 11) is -3.24. The Hall–Kier alpha value is -2.29. The third-order valence-electron chi connectivity index (χ3n) is 2.70. The maximum absolute atomic E-state index is 13.5. The minimum atomic E-state index is -4.64. The fourth-order valence-corrected chi connectivity index (χ4v) is 2.76. The number of ether oxygens (including phenoxy) is 1. The van der Waals surface area contributed by atoms with Gasteiger partial charge in [-0.05, 0) is 24.3 Å². The Morgan fingerprint density at radius 1 is 0.955 bits per heavy atom. The molecule has 0 unspecified atom stereocenters. The van der Waals surface area contributed by atoms with Crippen molar-refractivity contribution in [3.8, 4) is 5.75 Å². The van der Waals surface area contributed by atoms with E-state index in [2.05, 4.69) is 0 Å². The first-order valence-corrected chi connectivity index (χ1v) is 7.24. The minimum absolute atomic E-state index is 0.00495. The molecule has 0 spiro atoms. The molecule has 2 aromatic rings. The Morgan fingerprint density at radius 3 is 2.09 bits per heavy atom. The van der Waals surface area contributed by atoms with Gasteiger partial charge >= 0.3 is 0 Å². The zero-order valence-corrected chi connectivity index (χ0v) is 11.8. The number of sulfonamides is 1. The Kier molecular flexibility index (Phi) is 4.27. The number of nitrogens with one attached hydrogen (secondary N) is 1. The van der Waals surface area contributed by atoms with Crippen LogP contribution in [0.3, 0.4) is 0 Å². The van der Waals surface area contributed by atoms with E-state index >= 15 is 0 Å². The molecule has 4 nitrogen and oxygen atoms in total. The lowest BCUT2D eigenvalue weighted by atomic mass is 10.3. The summed E-state index contributed by atoms with van der Waals surface area (Å²) >= 11 is 0. The van der Waals surface area contributed by atoms with Crippen LogP contribution in [-0.2, 0) is 10.0 Å². The fourth-order valence-electron chi connectivity index (χ4n) is 1.62. The molecule has 118 valence electrons. The van der Waals surface area contributed by atoms with Crippen LogP contribution < -0.4 is 9.46 Å². The summed E-state index contributed by atoms with van der Waals surface area (Å²) in [5.41, 5.74) is 0.00495. The first-order valence-electron chi connectivity index (χ1n) is 5.76. The number of hydrogen-bond acceptors (Lipinski definition) is 3. The van der Waals surface area contributed by atoms with Gasteiger partial charge < -0.3 is 4.74 Å². The molecule has 0 heterocycles. The molecule has 0 fully saturated rings. The molecule has 2 aromatic carbocycles.